The van der Waals surface area contributed by atoms with E-state index in [-0.39, 0.29) is 11.7 Å². The van der Waals surface area contributed by atoms with Crippen LogP contribution in [-0.4, -0.2) is 93.3 Å². The highest BCUT2D eigenvalue weighted by Gasteiger charge is 2.16. The van der Waals surface area contributed by atoms with Crippen LogP contribution < -0.4 is 14.8 Å². The molecule has 0 aliphatic carbocycles. The summed E-state index contributed by atoms with van der Waals surface area (Å²) >= 11 is 1.35. The van der Waals surface area contributed by atoms with Gasteiger partial charge in [0, 0.05) is 30.6 Å². The first kappa shape index (κ1) is 30.1. The lowest BCUT2D eigenvalue weighted by molar-refractivity contribution is -0.159. The van der Waals surface area contributed by atoms with Gasteiger partial charge in [-0.25, -0.2) is 9.59 Å². The molecule has 2 heterocycles. The predicted octanol–water partition coefficient (Wildman–Crippen LogP) is 2.20. The second-order valence-corrected chi connectivity index (χ2v) is 8.81. The molecule has 0 aliphatic rings. The second kappa shape index (κ2) is 15.2. The van der Waals surface area contributed by atoms with E-state index in [1.807, 2.05) is 26.2 Å². The van der Waals surface area contributed by atoms with Gasteiger partial charge in [0.15, 0.2) is 11.0 Å². The van der Waals surface area contributed by atoms with Crippen LogP contribution in [0.2, 0.25) is 0 Å². The van der Waals surface area contributed by atoms with Crippen molar-refractivity contribution in [3.8, 4) is 22.9 Å². The maximum Gasteiger partial charge on any atom is 0.414 e. The molecule has 0 spiro atoms. The third kappa shape index (κ3) is 9.37. The van der Waals surface area contributed by atoms with Crippen molar-refractivity contribution in [2.75, 3.05) is 45.9 Å². The van der Waals surface area contributed by atoms with E-state index >= 15 is 0 Å². The number of carbonyl (C=O) groups excluding carboxylic acids is 1. The number of benzene rings is 1. The van der Waals surface area contributed by atoms with Crippen LogP contribution in [0.25, 0.3) is 11.4 Å². The highest BCUT2D eigenvalue weighted by molar-refractivity contribution is 7.99. The predicted molar refractivity (Wildman–Crippen MR) is 141 cm³/mol. The Morgan fingerprint density at radius 3 is 2.29 bits per heavy atom. The summed E-state index contributed by atoms with van der Waals surface area (Å²) < 4.78 is 12.6. The molecular formula is C24H30N6O7S. The van der Waals surface area contributed by atoms with Crippen molar-refractivity contribution < 1.29 is 34.1 Å². The number of carboxylic acids is 2. The maximum atomic E-state index is 12.6. The molecule has 13 nitrogen and oxygen atoms in total. The molecule has 0 aliphatic heterocycles. The molecular weight excluding hydrogens is 516 g/mol. The van der Waals surface area contributed by atoms with E-state index in [1.165, 1.54) is 11.8 Å². The number of carbonyl (C=O) groups is 3. The number of nitrogens with one attached hydrogen (secondary N) is 1. The van der Waals surface area contributed by atoms with Crippen molar-refractivity contribution in [3.63, 3.8) is 0 Å². The summed E-state index contributed by atoms with van der Waals surface area (Å²) in [6.45, 7) is 1.69. The molecule has 0 saturated carbocycles. The Labute approximate surface area is 223 Å². The Morgan fingerprint density at radius 2 is 1.71 bits per heavy atom. The number of ether oxygens (including phenoxy) is 2. The van der Waals surface area contributed by atoms with E-state index in [0.717, 1.165) is 30.9 Å². The fourth-order valence-corrected chi connectivity index (χ4v) is 3.84. The normalized spacial score (nSPS) is 10.3. The van der Waals surface area contributed by atoms with Crippen molar-refractivity contribution in [2.24, 2.45) is 0 Å². The number of thioether (sulfide) groups is 1. The summed E-state index contributed by atoms with van der Waals surface area (Å²) in [5, 5.41) is 27.1. The van der Waals surface area contributed by atoms with E-state index in [0.29, 0.717) is 22.3 Å². The number of amides is 1. The number of pyridine rings is 1. The first-order chi connectivity index (χ1) is 18.2. The Balaban J connectivity index is 0.000000757. The fourth-order valence-electron chi connectivity index (χ4n) is 3.07. The molecule has 2 aromatic heterocycles. The molecule has 1 aromatic carbocycles. The largest absolute Gasteiger partial charge is 0.497 e. The average molecular weight is 547 g/mol. The molecule has 1 amide bonds. The third-order valence-electron chi connectivity index (χ3n) is 4.84. The summed E-state index contributed by atoms with van der Waals surface area (Å²) in [5.41, 5.74) is 1.53. The number of aromatic nitrogens is 4. The van der Waals surface area contributed by atoms with Gasteiger partial charge in [-0.15, -0.1) is 10.2 Å². The van der Waals surface area contributed by atoms with Crippen LogP contribution >= 0.6 is 11.8 Å². The summed E-state index contributed by atoms with van der Waals surface area (Å²) in [5.74, 6) is -1.65. The van der Waals surface area contributed by atoms with Crippen molar-refractivity contribution in [3.05, 3.63) is 42.7 Å². The monoisotopic (exact) mass is 546 g/mol. The Bertz CT molecular complexity index is 1210. The molecule has 0 atom stereocenters. The maximum absolute atomic E-state index is 12.6. The molecule has 38 heavy (non-hydrogen) atoms. The molecule has 3 aromatic rings. The van der Waals surface area contributed by atoms with Crippen LogP contribution in [-0.2, 0) is 20.9 Å². The summed E-state index contributed by atoms with van der Waals surface area (Å²) in [4.78, 5) is 37.0. The highest BCUT2D eigenvalue weighted by atomic mass is 32.2. The SMILES string of the molecule is COc1ccc(NC(=O)CSc2nnc(-c3ccncc3)n2CCCN(C)C)c(OC)c1.O=C(O)C(=O)O. The molecule has 3 N–H and O–H groups in total. The van der Waals surface area contributed by atoms with Crippen molar-refractivity contribution in [1.82, 2.24) is 24.6 Å². The average Bonchev–Trinajstić information content (AvgIpc) is 3.31. The van der Waals surface area contributed by atoms with E-state index < -0.39 is 11.9 Å². The number of carboxylic acid groups (broad SMARTS) is 2. The summed E-state index contributed by atoms with van der Waals surface area (Å²) in [6.07, 6.45) is 4.40. The first-order valence-electron chi connectivity index (χ1n) is 11.3. The molecule has 0 bridgehead atoms. The van der Waals surface area contributed by atoms with Gasteiger partial charge in [0.2, 0.25) is 5.91 Å². The molecule has 0 radical (unpaired) electrons. The van der Waals surface area contributed by atoms with Gasteiger partial charge >= 0.3 is 11.9 Å². The number of anilines is 1. The minimum absolute atomic E-state index is 0.160. The smallest absolute Gasteiger partial charge is 0.414 e. The quantitative estimate of drug-likeness (QED) is 0.237. The molecule has 3 rings (SSSR count). The third-order valence-corrected chi connectivity index (χ3v) is 5.81. The Hall–Kier alpha value is -4.17. The lowest BCUT2D eigenvalue weighted by Crippen LogP contribution is -2.17. The fraction of sp³-hybridized carbons (Fsp3) is 0.333. The van der Waals surface area contributed by atoms with Crippen LogP contribution in [0.5, 0.6) is 11.5 Å². The topological polar surface area (TPSA) is 169 Å². The number of rotatable bonds is 11. The molecule has 204 valence electrons. The minimum atomic E-state index is -1.82. The molecule has 0 saturated heterocycles. The zero-order chi connectivity index (χ0) is 28.1. The van der Waals surface area contributed by atoms with Gasteiger partial charge in [-0.3, -0.25) is 9.78 Å². The van der Waals surface area contributed by atoms with Gasteiger partial charge < -0.3 is 34.5 Å². The zero-order valence-electron chi connectivity index (χ0n) is 21.4. The van der Waals surface area contributed by atoms with Gasteiger partial charge in [-0.1, -0.05) is 11.8 Å². The van der Waals surface area contributed by atoms with Crippen LogP contribution in [0, 0.1) is 0 Å². The number of hydrogen-bond donors (Lipinski definition) is 3. The van der Waals surface area contributed by atoms with Gasteiger partial charge in [0.05, 0.1) is 25.7 Å². The van der Waals surface area contributed by atoms with Gasteiger partial charge in [-0.05, 0) is 51.3 Å². The van der Waals surface area contributed by atoms with Crippen molar-refractivity contribution in [2.45, 2.75) is 18.1 Å². The number of hydrogen-bond acceptors (Lipinski definition) is 10. The van der Waals surface area contributed by atoms with Crippen molar-refractivity contribution in [1.29, 1.82) is 0 Å². The zero-order valence-corrected chi connectivity index (χ0v) is 22.3. The standard InChI is InChI=1S/C22H28N6O3S.C2H2O4/c1-27(2)12-5-13-28-21(16-8-10-23-11-9-16)25-26-22(28)32-15-20(29)24-18-7-6-17(30-3)14-19(18)31-4;3-1(4)2(5)6/h6-11,14H,5,12-13,15H2,1-4H3,(H,24,29);(H,3,4)(H,5,6). The summed E-state index contributed by atoms with van der Waals surface area (Å²) in [6, 6.07) is 9.07. The first-order valence-corrected chi connectivity index (χ1v) is 12.2. The highest BCUT2D eigenvalue weighted by Crippen LogP contribution is 2.30. The number of aliphatic carboxylic acids is 2. The Kier molecular flexibility index (Phi) is 12.0. The van der Waals surface area contributed by atoms with Gasteiger partial charge in [-0.2, -0.15) is 0 Å². The molecule has 0 fully saturated rings. The van der Waals surface area contributed by atoms with E-state index in [9.17, 15) is 4.79 Å². The van der Waals surface area contributed by atoms with Crippen LogP contribution in [0.3, 0.4) is 0 Å². The lowest BCUT2D eigenvalue weighted by atomic mass is 10.2. The van der Waals surface area contributed by atoms with Gasteiger partial charge in [0.1, 0.15) is 11.5 Å². The molecule has 0 unspecified atom stereocenters. The number of nitrogens with zero attached hydrogens (tertiary/aromatic N) is 5. The van der Waals surface area contributed by atoms with E-state index in [4.69, 9.17) is 29.3 Å². The van der Waals surface area contributed by atoms with Crippen LogP contribution in [0.15, 0.2) is 47.9 Å². The summed E-state index contributed by atoms with van der Waals surface area (Å²) in [7, 11) is 7.22. The van der Waals surface area contributed by atoms with E-state index in [1.54, 1.807) is 44.8 Å². The second-order valence-electron chi connectivity index (χ2n) is 7.86. The van der Waals surface area contributed by atoms with Crippen molar-refractivity contribution >= 4 is 35.3 Å². The van der Waals surface area contributed by atoms with E-state index in [2.05, 4.69) is 30.0 Å². The van der Waals surface area contributed by atoms with Crippen LogP contribution in [0.4, 0.5) is 5.69 Å². The number of methoxy groups -OCH3 is 2. The molecule has 14 heteroatoms. The lowest BCUT2D eigenvalue weighted by Gasteiger charge is -2.13. The van der Waals surface area contributed by atoms with Gasteiger partial charge in [0.25, 0.3) is 0 Å². The minimum Gasteiger partial charge on any atom is -0.497 e. The van der Waals surface area contributed by atoms with Crippen LogP contribution in [0.1, 0.15) is 6.42 Å². The Morgan fingerprint density at radius 1 is 1.03 bits per heavy atom.